The van der Waals surface area contributed by atoms with Crippen molar-refractivity contribution in [2.75, 3.05) is 0 Å². The van der Waals surface area contributed by atoms with Gasteiger partial charge in [-0.25, -0.2) is 0 Å². The SMILES string of the molecule is CC1C[C@H](C)C[C@@H](N)[C@@H]1O. The summed E-state index contributed by atoms with van der Waals surface area (Å²) in [5.74, 6) is 1.08. The van der Waals surface area contributed by atoms with E-state index >= 15 is 0 Å². The Bertz CT molecular complexity index is 104. The fraction of sp³-hybridized carbons (Fsp3) is 1.00. The molecule has 1 aliphatic carbocycles. The number of aliphatic hydroxyl groups excluding tert-OH is 1. The third-order valence-electron chi connectivity index (χ3n) is 2.47. The number of rotatable bonds is 0. The fourth-order valence-electron chi connectivity index (χ4n) is 1.90. The molecule has 0 aromatic heterocycles. The Morgan fingerprint density at radius 1 is 1.30 bits per heavy atom. The third-order valence-corrected chi connectivity index (χ3v) is 2.47. The minimum Gasteiger partial charge on any atom is -0.391 e. The van der Waals surface area contributed by atoms with Crippen LogP contribution in [0.4, 0.5) is 0 Å². The predicted octanol–water partition coefficient (Wildman–Crippen LogP) is 0.741. The molecule has 1 unspecified atom stereocenters. The summed E-state index contributed by atoms with van der Waals surface area (Å²) in [6.07, 6.45) is 1.83. The maximum atomic E-state index is 9.44. The lowest BCUT2D eigenvalue weighted by Gasteiger charge is -2.34. The maximum Gasteiger partial charge on any atom is 0.0716 e. The van der Waals surface area contributed by atoms with E-state index in [-0.39, 0.29) is 12.1 Å². The lowest BCUT2D eigenvalue weighted by atomic mass is 9.79. The average molecular weight is 143 g/mol. The highest BCUT2D eigenvalue weighted by molar-refractivity contribution is 4.84. The predicted molar refractivity (Wildman–Crippen MR) is 41.5 cm³/mol. The standard InChI is InChI=1S/C8H17NO/c1-5-3-6(2)8(10)7(9)4-5/h5-8,10H,3-4,9H2,1-2H3/t5-,6?,7+,8+/m0/s1. The maximum absolute atomic E-state index is 9.44. The van der Waals surface area contributed by atoms with Gasteiger partial charge in [0.25, 0.3) is 0 Å². The Hall–Kier alpha value is -0.0800. The zero-order valence-electron chi connectivity index (χ0n) is 6.75. The van der Waals surface area contributed by atoms with E-state index in [1.807, 2.05) is 0 Å². The summed E-state index contributed by atoms with van der Waals surface area (Å²) in [6.45, 7) is 4.27. The van der Waals surface area contributed by atoms with Gasteiger partial charge in [-0.15, -0.1) is 0 Å². The first-order valence-electron chi connectivity index (χ1n) is 4.05. The van der Waals surface area contributed by atoms with E-state index in [1.54, 1.807) is 0 Å². The Labute approximate surface area is 62.4 Å². The molecule has 0 aromatic carbocycles. The van der Waals surface area contributed by atoms with Gasteiger partial charge < -0.3 is 10.8 Å². The average Bonchev–Trinajstić information content (AvgIpc) is 1.82. The summed E-state index contributed by atoms with van der Waals surface area (Å²) in [5.41, 5.74) is 5.71. The quantitative estimate of drug-likeness (QED) is 0.525. The van der Waals surface area contributed by atoms with Crippen molar-refractivity contribution >= 4 is 0 Å². The second-order valence-corrected chi connectivity index (χ2v) is 3.71. The van der Waals surface area contributed by atoms with Gasteiger partial charge in [0.05, 0.1) is 6.10 Å². The number of hydrogen-bond acceptors (Lipinski definition) is 2. The third kappa shape index (κ3) is 1.50. The van der Waals surface area contributed by atoms with Gasteiger partial charge in [0.1, 0.15) is 0 Å². The summed E-state index contributed by atoms with van der Waals surface area (Å²) in [6, 6.07) is 0.0127. The second kappa shape index (κ2) is 2.89. The molecule has 10 heavy (non-hydrogen) atoms. The van der Waals surface area contributed by atoms with Crippen LogP contribution in [0, 0.1) is 11.8 Å². The molecule has 60 valence electrons. The van der Waals surface area contributed by atoms with Gasteiger partial charge in [-0.1, -0.05) is 13.8 Å². The van der Waals surface area contributed by atoms with Crippen LogP contribution in [0.3, 0.4) is 0 Å². The van der Waals surface area contributed by atoms with Crippen molar-refractivity contribution in [2.45, 2.75) is 38.8 Å². The Balaban J connectivity index is 2.49. The molecule has 0 heterocycles. The van der Waals surface area contributed by atoms with Crippen LogP contribution in [0.2, 0.25) is 0 Å². The lowest BCUT2D eigenvalue weighted by Crippen LogP contribution is -2.44. The highest BCUT2D eigenvalue weighted by Gasteiger charge is 2.29. The van der Waals surface area contributed by atoms with Crippen molar-refractivity contribution in [3.05, 3.63) is 0 Å². The molecule has 1 saturated carbocycles. The molecule has 2 nitrogen and oxygen atoms in total. The van der Waals surface area contributed by atoms with Crippen LogP contribution >= 0.6 is 0 Å². The molecule has 0 spiro atoms. The number of nitrogens with two attached hydrogens (primary N) is 1. The Kier molecular flexibility index (Phi) is 2.32. The van der Waals surface area contributed by atoms with Crippen molar-refractivity contribution in [3.8, 4) is 0 Å². The zero-order chi connectivity index (χ0) is 7.72. The minimum atomic E-state index is -0.267. The van der Waals surface area contributed by atoms with Crippen molar-refractivity contribution in [2.24, 2.45) is 17.6 Å². The molecule has 0 amide bonds. The van der Waals surface area contributed by atoms with Crippen LogP contribution in [-0.2, 0) is 0 Å². The monoisotopic (exact) mass is 143 g/mol. The summed E-state index contributed by atoms with van der Waals surface area (Å²) >= 11 is 0. The first kappa shape index (κ1) is 8.02. The van der Waals surface area contributed by atoms with E-state index in [9.17, 15) is 5.11 Å². The normalized spacial score (nSPS) is 49.2. The van der Waals surface area contributed by atoms with E-state index in [0.717, 1.165) is 12.8 Å². The van der Waals surface area contributed by atoms with Crippen molar-refractivity contribution < 1.29 is 5.11 Å². The van der Waals surface area contributed by atoms with Gasteiger partial charge in [-0.3, -0.25) is 0 Å². The molecule has 1 fully saturated rings. The largest absolute Gasteiger partial charge is 0.391 e. The number of aliphatic hydroxyl groups is 1. The van der Waals surface area contributed by atoms with E-state index in [4.69, 9.17) is 5.73 Å². The molecular weight excluding hydrogens is 126 g/mol. The highest BCUT2D eigenvalue weighted by Crippen LogP contribution is 2.27. The molecular formula is C8H17NO. The molecule has 0 aliphatic heterocycles. The van der Waals surface area contributed by atoms with Crippen LogP contribution in [0.15, 0.2) is 0 Å². The van der Waals surface area contributed by atoms with Gasteiger partial charge in [-0.2, -0.15) is 0 Å². The smallest absolute Gasteiger partial charge is 0.0716 e. The molecule has 1 rings (SSSR count). The first-order valence-corrected chi connectivity index (χ1v) is 4.05. The summed E-state index contributed by atoms with van der Waals surface area (Å²) in [7, 11) is 0. The van der Waals surface area contributed by atoms with Gasteiger partial charge >= 0.3 is 0 Å². The molecule has 4 atom stereocenters. The van der Waals surface area contributed by atoms with E-state index < -0.39 is 0 Å². The molecule has 0 radical (unpaired) electrons. The highest BCUT2D eigenvalue weighted by atomic mass is 16.3. The van der Waals surface area contributed by atoms with Crippen molar-refractivity contribution in [1.29, 1.82) is 0 Å². The lowest BCUT2D eigenvalue weighted by molar-refractivity contribution is 0.0420. The van der Waals surface area contributed by atoms with Crippen LogP contribution in [0.5, 0.6) is 0 Å². The topological polar surface area (TPSA) is 46.2 Å². The van der Waals surface area contributed by atoms with E-state index in [0.29, 0.717) is 11.8 Å². The van der Waals surface area contributed by atoms with Crippen LogP contribution in [0.25, 0.3) is 0 Å². The van der Waals surface area contributed by atoms with Crippen LogP contribution in [-0.4, -0.2) is 17.3 Å². The van der Waals surface area contributed by atoms with Crippen molar-refractivity contribution in [3.63, 3.8) is 0 Å². The van der Waals surface area contributed by atoms with Gasteiger partial charge in [-0.05, 0) is 24.7 Å². The van der Waals surface area contributed by atoms with Crippen molar-refractivity contribution in [1.82, 2.24) is 0 Å². The van der Waals surface area contributed by atoms with E-state index in [1.165, 1.54) is 0 Å². The molecule has 0 aromatic rings. The summed E-state index contributed by atoms with van der Waals surface area (Å²) in [4.78, 5) is 0. The molecule has 0 bridgehead atoms. The Morgan fingerprint density at radius 2 is 1.90 bits per heavy atom. The Morgan fingerprint density at radius 3 is 2.40 bits per heavy atom. The fourth-order valence-corrected chi connectivity index (χ4v) is 1.90. The van der Waals surface area contributed by atoms with Crippen LogP contribution < -0.4 is 5.73 Å². The van der Waals surface area contributed by atoms with E-state index in [2.05, 4.69) is 13.8 Å². The molecule has 0 saturated heterocycles. The van der Waals surface area contributed by atoms with Crippen LogP contribution in [0.1, 0.15) is 26.7 Å². The minimum absolute atomic E-state index is 0.0127. The van der Waals surface area contributed by atoms with Gasteiger partial charge in [0.2, 0.25) is 0 Å². The van der Waals surface area contributed by atoms with Gasteiger partial charge in [0.15, 0.2) is 0 Å². The molecule has 2 heteroatoms. The molecule has 3 N–H and O–H groups in total. The summed E-state index contributed by atoms with van der Waals surface area (Å²) < 4.78 is 0. The number of hydrogen-bond donors (Lipinski definition) is 2. The second-order valence-electron chi connectivity index (χ2n) is 3.71. The zero-order valence-corrected chi connectivity index (χ0v) is 6.75. The molecule has 1 aliphatic rings. The summed E-state index contributed by atoms with van der Waals surface area (Å²) in [5, 5.41) is 9.44. The van der Waals surface area contributed by atoms with Gasteiger partial charge in [0, 0.05) is 6.04 Å². The first-order chi connectivity index (χ1) is 4.61.